The first kappa shape index (κ1) is 17.5. The second kappa shape index (κ2) is 7.03. The Labute approximate surface area is 161 Å². The van der Waals surface area contributed by atoms with Crippen molar-refractivity contribution in [3.8, 4) is 16.9 Å². The molecular weight excluding hydrogens is 356 g/mol. The molecule has 7 nitrogen and oxygen atoms in total. The number of anilines is 2. The fourth-order valence-electron chi connectivity index (χ4n) is 3.06. The molecule has 7 heteroatoms. The summed E-state index contributed by atoms with van der Waals surface area (Å²) in [5, 5.41) is 16.6. The average molecular weight is 374 g/mol. The monoisotopic (exact) mass is 374 g/mol. The minimum atomic E-state index is -0.961. The number of hydrogen-bond acceptors (Lipinski definition) is 5. The highest BCUT2D eigenvalue weighted by atomic mass is 16.5. The number of pyridine rings is 1. The van der Waals surface area contributed by atoms with Gasteiger partial charge in [-0.1, -0.05) is 6.07 Å². The van der Waals surface area contributed by atoms with Crippen LogP contribution >= 0.6 is 0 Å². The normalized spacial score (nSPS) is 10.8. The molecule has 2 heterocycles. The van der Waals surface area contributed by atoms with Gasteiger partial charge in [0.25, 0.3) is 0 Å². The number of aromatic carboxylic acids is 1. The van der Waals surface area contributed by atoms with Crippen molar-refractivity contribution < 1.29 is 14.6 Å². The van der Waals surface area contributed by atoms with Crippen molar-refractivity contribution in [1.82, 2.24) is 14.6 Å². The Balaban J connectivity index is 1.70. The molecule has 0 saturated carbocycles. The lowest BCUT2D eigenvalue weighted by molar-refractivity contribution is 0.0697. The van der Waals surface area contributed by atoms with Crippen molar-refractivity contribution in [3.63, 3.8) is 0 Å². The average Bonchev–Trinajstić information content (AvgIpc) is 3.11. The zero-order valence-electron chi connectivity index (χ0n) is 15.4. The Kier molecular flexibility index (Phi) is 4.41. The van der Waals surface area contributed by atoms with Gasteiger partial charge >= 0.3 is 5.97 Å². The highest BCUT2D eigenvalue weighted by Gasteiger charge is 2.12. The van der Waals surface area contributed by atoms with Crippen molar-refractivity contribution in [2.75, 3.05) is 12.4 Å². The highest BCUT2D eigenvalue weighted by Crippen LogP contribution is 2.30. The lowest BCUT2D eigenvalue weighted by Crippen LogP contribution is -1.97. The number of aryl methyl sites for hydroxylation is 1. The lowest BCUT2D eigenvalue weighted by Gasteiger charge is -2.08. The van der Waals surface area contributed by atoms with Crippen molar-refractivity contribution in [1.29, 1.82) is 0 Å². The number of nitrogens with zero attached hydrogens (tertiary/aromatic N) is 3. The molecular formula is C21H18N4O3. The van der Waals surface area contributed by atoms with Crippen LogP contribution in [0.25, 0.3) is 16.8 Å². The topological polar surface area (TPSA) is 88.8 Å². The van der Waals surface area contributed by atoms with Gasteiger partial charge in [0.1, 0.15) is 5.75 Å². The molecule has 0 unspecified atom stereocenters. The van der Waals surface area contributed by atoms with Gasteiger partial charge in [0.05, 0.1) is 12.7 Å². The van der Waals surface area contributed by atoms with E-state index in [-0.39, 0.29) is 5.56 Å². The van der Waals surface area contributed by atoms with Gasteiger partial charge < -0.3 is 15.2 Å². The Morgan fingerprint density at radius 3 is 2.57 bits per heavy atom. The van der Waals surface area contributed by atoms with Crippen LogP contribution in [0.2, 0.25) is 0 Å². The number of aromatic nitrogens is 3. The first-order chi connectivity index (χ1) is 13.5. The molecule has 0 aliphatic rings. The van der Waals surface area contributed by atoms with Crippen LogP contribution in [0.3, 0.4) is 0 Å². The summed E-state index contributed by atoms with van der Waals surface area (Å²) in [7, 11) is 1.65. The second-order valence-corrected chi connectivity index (χ2v) is 6.31. The van der Waals surface area contributed by atoms with E-state index in [0.717, 1.165) is 28.1 Å². The minimum Gasteiger partial charge on any atom is -0.497 e. The fraction of sp³-hybridized carbons (Fsp3) is 0.0952. The van der Waals surface area contributed by atoms with Crippen LogP contribution in [-0.2, 0) is 0 Å². The van der Waals surface area contributed by atoms with Crippen molar-refractivity contribution >= 4 is 23.3 Å². The number of hydrogen-bond donors (Lipinski definition) is 2. The van der Waals surface area contributed by atoms with Gasteiger partial charge in [0.15, 0.2) is 5.65 Å². The van der Waals surface area contributed by atoms with E-state index in [1.807, 2.05) is 43.5 Å². The van der Waals surface area contributed by atoms with Gasteiger partial charge in [0.2, 0.25) is 5.95 Å². The molecule has 0 saturated heterocycles. The van der Waals surface area contributed by atoms with E-state index in [0.29, 0.717) is 11.6 Å². The molecule has 0 amide bonds. The maximum Gasteiger partial charge on any atom is 0.335 e. The first-order valence-corrected chi connectivity index (χ1v) is 8.66. The van der Waals surface area contributed by atoms with Crippen LogP contribution in [-0.4, -0.2) is 32.8 Å². The second-order valence-electron chi connectivity index (χ2n) is 6.31. The predicted molar refractivity (Wildman–Crippen MR) is 106 cm³/mol. The standard InChI is InChI=1S/C21H18N4O3/c1-13-12-16(28-2)9-10-17(13)18-4-3-11-25-19(18)23-21(24-25)22-15-7-5-14(6-8-15)20(26)27/h3-12H,1-2H3,(H,22,24)(H,26,27). The summed E-state index contributed by atoms with van der Waals surface area (Å²) >= 11 is 0. The SMILES string of the molecule is COc1ccc(-c2cccn3nc(Nc4ccc(C(=O)O)cc4)nc23)c(C)c1. The van der Waals surface area contributed by atoms with E-state index in [4.69, 9.17) is 9.84 Å². The number of rotatable bonds is 5. The van der Waals surface area contributed by atoms with Crippen LogP contribution in [0.15, 0.2) is 60.8 Å². The molecule has 0 fully saturated rings. The number of nitrogens with one attached hydrogen (secondary N) is 1. The Morgan fingerprint density at radius 1 is 1.11 bits per heavy atom. The summed E-state index contributed by atoms with van der Waals surface area (Å²) in [4.78, 5) is 15.6. The summed E-state index contributed by atoms with van der Waals surface area (Å²) in [6, 6.07) is 16.3. The van der Waals surface area contributed by atoms with Crippen molar-refractivity contribution in [3.05, 3.63) is 71.9 Å². The van der Waals surface area contributed by atoms with E-state index in [2.05, 4.69) is 15.4 Å². The van der Waals surface area contributed by atoms with E-state index >= 15 is 0 Å². The quantitative estimate of drug-likeness (QED) is 0.545. The van der Waals surface area contributed by atoms with Crippen molar-refractivity contribution in [2.24, 2.45) is 0 Å². The summed E-state index contributed by atoms with van der Waals surface area (Å²) in [5.41, 5.74) is 4.75. The molecule has 140 valence electrons. The summed E-state index contributed by atoms with van der Waals surface area (Å²) in [6.07, 6.45) is 1.84. The number of benzene rings is 2. The molecule has 4 rings (SSSR count). The molecule has 4 aromatic rings. The summed E-state index contributed by atoms with van der Waals surface area (Å²) in [6.45, 7) is 2.03. The maximum absolute atomic E-state index is 11.0. The largest absolute Gasteiger partial charge is 0.497 e. The molecule has 2 N–H and O–H groups in total. The lowest BCUT2D eigenvalue weighted by atomic mass is 10.0. The van der Waals surface area contributed by atoms with Crippen LogP contribution in [0.4, 0.5) is 11.6 Å². The number of ether oxygens (including phenoxy) is 1. The molecule has 2 aromatic heterocycles. The summed E-state index contributed by atoms with van der Waals surface area (Å²) in [5.74, 6) is 0.278. The Bertz CT molecular complexity index is 1170. The number of carboxylic acids is 1. The highest BCUT2D eigenvalue weighted by molar-refractivity contribution is 5.88. The van der Waals surface area contributed by atoms with Crippen LogP contribution in [0.1, 0.15) is 15.9 Å². The molecule has 0 radical (unpaired) electrons. The third-order valence-electron chi connectivity index (χ3n) is 4.47. The number of carbonyl (C=O) groups is 1. The third kappa shape index (κ3) is 3.25. The van der Waals surface area contributed by atoms with Gasteiger partial charge in [0, 0.05) is 17.4 Å². The predicted octanol–water partition coefficient (Wildman–Crippen LogP) is 4.16. The third-order valence-corrected chi connectivity index (χ3v) is 4.47. The molecule has 0 bridgehead atoms. The number of methoxy groups -OCH3 is 1. The van der Waals surface area contributed by atoms with E-state index in [9.17, 15) is 4.79 Å². The van der Waals surface area contributed by atoms with Gasteiger partial charge in [-0.25, -0.2) is 9.31 Å². The molecule has 0 spiro atoms. The minimum absolute atomic E-state index is 0.228. The molecule has 0 atom stereocenters. The smallest absolute Gasteiger partial charge is 0.335 e. The maximum atomic E-state index is 11.0. The molecule has 0 aliphatic heterocycles. The van der Waals surface area contributed by atoms with Gasteiger partial charge in [-0.3, -0.25) is 0 Å². The van der Waals surface area contributed by atoms with E-state index in [1.54, 1.807) is 23.8 Å². The first-order valence-electron chi connectivity index (χ1n) is 8.66. The number of fused-ring (bicyclic) bond motifs is 1. The van der Waals surface area contributed by atoms with Gasteiger partial charge in [-0.2, -0.15) is 4.98 Å². The van der Waals surface area contributed by atoms with E-state index < -0.39 is 5.97 Å². The van der Waals surface area contributed by atoms with Crippen molar-refractivity contribution in [2.45, 2.75) is 6.92 Å². The van der Waals surface area contributed by atoms with Crippen LogP contribution < -0.4 is 10.1 Å². The Hall–Kier alpha value is -3.87. The zero-order chi connectivity index (χ0) is 19.7. The van der Waals surface area contributed by atoms with E-state index in [1.165, 1.54) is 12.1 Å². The van der Waals surface area contributed by atoms with Gasteiger partial charge in [-0.15, -0.1) is 5.10 Å². The van der Waals surface area contributed by atoms with Gasteiger partial charge in [-0.05, 0) is 66.6 Å². The molecule has 28 heavy (non-hydrogen) atoms. The Morgan fingerprint density at radius 2 is 1.89 bits per heavy atom. The summed E-state index contributed by atoms with van der Waals surface area (Å²) < 4.78 is 7.00. The number of carboxylic acid groups (broad SMARTS) is 1. The molecule has 2 aromatic carbocycles. The van der Waals surface area contributed by atoms with Crippen LogP contribution in [0, 0.1) is 6.92 Å². The molecule has 0 aliphatic carbocycles. The fourth-order valence-corrected chi connectivity index (χ4v) is 3.06. The van der Waals surface area contributed by atoms with Crippen LogP contribution in [0.5, 0.6) is 5.75 Å². The zero-order valence-corrected chi connectivity index (χ0v) is 15.4.